The van der Waals surface area contributed by atoms with Crippen LogP contribution in [0.2, 0.25) is 0 Å². The van der Waals surface area contributed by atoms with Gasteiger partial charge in [0, 0.05) is 16.8 Å². The number of alkyl halides is 1. The van der Waals surface area contributed by atoms with Gasteiger partial charge in [-0.15, -0.1) is 11.3 Å². The monoisotopic (exact) mass is 349 g/mol. The van der Waals surface area contributed by atoms with Crippen molar-refractivity contribution in [2.45, 2.75) is 18.2 Å². The van der Waals surface area contributed by atoms with Crippen LogP contribution in [0.1, 0.15) is 21.0 Å². The Hall–Kier alpha value is -1.26. The van der Waals surface area contributed by atoms with E-state index < -0.39 is 0 Å². The maximum Gasteiger partial charge on any atom is 0.130 e. The lowest BCUT2D eigenvalue weighted by atomic mass is 10.1. The minimum absolute atomic E-state index is 0.0528. The Morgan fingerprint density at radius 1 is 1.20 bits per heavy atom. The maximum atomic E-state index is 14.1. The smallest absolute Gasteiger partial charge is 0.130 e. The number of rotatable bonds is 3. The van der Waals surface area contributed by atoms with Crippen molar-refractivity contribution in [2.75, 3.05) is 0 Å². The van der Waals surface area contributed by atoms with E-state index in [0.29, 0.717) is 17.5 Å². The predicted octanol–water partition coefficient (Wildman–Crippen LogP) is 5.42. The molecule has 0 saturated carbocycles. The normalized spacial score (nSPS) is 12.8. The summed E-state index contributed by atoms with van der Waals surface area (Å²) in [6.07, 6.45) is 0.694. The molecule has 0 bridgehead atoms. The summed E-state index contributed by atoms with van der Waals surface area (Å²) in [5.41, 5.74) is 2.39. The fourth-order valence-corrected chi connectivity index (χ4v) is 4.07. The highest BCUT2D eigenvalue weighted by Crippen LogP contribution is 2.32. The van der Waals surface area contributed by atoms with Crippen molar-refractivity contribution in [2.24, 2.45) is 0 Å². The molecule has 0 radical (unpaired) electrons. The molecular formula is C16H13BrFNS. The zero-order valence-corrected chi connectivity index (χ0v) is 13.3. The number of thiazole rings is 1. The van der Waals surface area contributed by atoms with Crippen LogP contribution in [-0.2, 0) is 6.42 Å². The van der Waals surface area contributed by atoms with Crippen molar-refractivity contribution in [3.63, 3.8) is 0 Å². The van der Waals surface area contributed by atoms with Gasteiger partial charge in [-0.2, -0.15) is 0 Å². The van der Waals surface area contributed by atoms with E-state index in [4.69, 9.17) is 0 Å². The first-order valence-electron chi connectivity index (χ1n) is 6.38. The van der Waals surface area contributed by atoms with Gasteiger partial charge in [-0.1, -0.05) is 46.3 Å². The molecule has 1 heterocycles. The van der Waals surface area contributed by atoms with Crippen molar-refractivity contribution < 1.29 is 4.39 Å². The summed E-state index contributed by atoms with van der Waals surface area (Å²) in [4.78, 5) is 4.54. The molecule has 0 fully saturated rings. The van der Waals surface area contributed by atoms with Crippen LogP contribution in [0.5, 0.6) is 0 Å². The Balaban J connectivity index is 1.88. The topological polar surface area (TPSA) is 12.9 Å². The third kappa shape index (κ3) is 2.63. The summed E-state index contributed by atoms with van der Waals surface area (Å²) >= 11 is 5.26. The molecule has 1 aromatic heterocycles. The van der Waals surface area contributed by atoms with Gasteiger partial charge in [-0.25, -0.2) is 9.37 Å². The van der Waals surface area contributed by atoms with E-state index in [1.807, 2.05) is 30.3 Å². The van der Waals surface area contributed by atoms with Crippen LogP contribution in [0.3, 0.4) is 0 Å². The average molecular weight is 350 g/mol. The Morgan fingerprint density at radius 3 is 2.80 bits per heavy atom. The highest BCUT2D eigenvalue weighted by molar-refractivity contribution is 9.09. The molecule has 0 aliphatic rings. The number of benzene rings is 2. The molecule has 1 nitrogen and oxygen atoms in total. The first-order chi connectivity index (χ1) is 9.65. The van der Waals surface area contributed by atoms with Gasteiger partial charge < -0.3 is 0 Å². The van der Waals surface area contributed by atoms with E-state index in [1.165, 1.54) is 4.70 Å². The van der Waals surface area contributed by atoms with Gasteiger partial charge in [0.05, 0.1) is 15.2 Å². The predicted molar refractivity (Wildman–Crippen MR) is 86.1 cm³/mol. The number of fused-ring (bicyclic) bond motifs is 1. The van der Waals surface area contributed by atoms with E-state index in [9.17, 15) is 4.39 Å². The lowest BCUT2D eigenvalue weighted by molar-refractivity contribution is 0.599. The van der Waals surface area contributed by atoms with E-state index in [-0.39, 0.29) is 10.6 Å². The lowest BCUT2D eigenvalue weighted by Gasteiger charge is -2.10. The van der Waals surface area contributed by atoms with E-state index >= 15 is 0 Å². The van der Waals surface area contributed by atoms with Crippen LogP contribution in [0, 0.1) is 12.7 Å². The van der Waals surface area contributed by atoms with Crippen LogP contribution >= 0.6 is 27.3 Å². The number of nitrogens with zero attached hydrogens (tertiary/aromatic N) is 1. The highest BCUT2D eigenvalue weighted by atomic mass is 79.9. The summed E-state index contributed by atoms with van der Waals surface area (Å²) in [5, 5.41) is 1.02. The van der Waals surface area contributed by atoms with Crippen LogP contribution in [0.4, 0.5) is 4.39 Å². The summed E-state index contributed by atoms with van der Waals surface area (Å²) in [6, 6.07) is 13.6. The Bertz CT molecular complexity index is 720. The summed E-state index contributed by atoms with van der Waals surface area (Å²) in [5.74, 6) is -0.129. The zero-order chi connectivity index (χ0) is 14.1. The van der Waals surface area contributed by atoms with Crippen molar-refractivity contribution in [1.82, 2.24) is 4.98 Å². The van der Waals surface area contributed by atoms with Crippen molar-refractivity contribution in [3.8, 4) is 0 Å². The molecule has 4 heteroatoms. The average Bonchev–Trinajstić information content (AvgIpc) is 2.83. The van der Waals surface area contributed by atoms with E-state index in [0.717, 1.165) is 10.5 Å². The van der Waals surface area contributed by atoms with Gasteiger partial charge in [-0.3, -0.25) is 0 Å². The van der Waals surface area contributed by atoms with Gasteiger partial charge in [0.25, 0.3) is 0 Å². The molecule has 0 amide bonds. The second kappa shape index (κ2) is 5.62. The number of para-hydroxylation sites is 1. The Labute approximate surface area is 129 Å². The number of hydrogen-bond donors (Lipinski definition) is 0. The van der Waals surface area contributed by atoms with E-state index in [2.05, 4.69) is 27.0 Å². The molecule has 1 unspecified atom stereocenters. The first kappa shape index (κ1) is 13.7. The second-order valence-corrected chi connectivity index (χ2v) is 6.95. The quantitative estimate of drug-likeness (QED) is 0.575. The molecule has 102 valence electrons. The summed E-state index contributed by atoms with van der Waals surface area (Å²) < 4.78 is 15.3. The molecule has 1 atom stereocenters. The molecule has 0 saturated heterocycles. The molecule has 20 heavy (non-hydrogen) atoms. The fraction of sp³-hybridized carbons (Fsp3) is 0.188. The maximum absolute atomic E-state index is 14.1. The van der Waals surface area contributed by atoms with E-state index in [1.54, 1.807) is 24.3 Å². The molecule has 0 aliphatic heterocycles. The highest BCUT2D eigenvalue weighted by Gasteiger charge is 2.16. The molecule has 0 N–H and O–H groups in total. The SMILES string of the molecule is Cc1cccc(C(Br)Cc2nc3ccccc3s2)c1F. The molecule has 0 spiro atoms. The third-order valence-corrected chi connectivity index (χ3v) is 5.13. The van der Waals surface area contributed by atoms with Crippen molar-refractivity contribution in [1.29, 1.82) is 0 Å². The molecule has 3 aromatic rings. The van der Waals surface area contributed by atoms with Crippen LogP contribution in [0.15, 0.2) is 42.5 Å². The largest absolute Gasteiger partial charge is 0.241 e. The second-order valence-electron chi connectivity index (χ2n) is 4.73. The third-order valence-electron chi connectivity index (χ3n) is 3.25. The Kier molecular flexibility index (Phi) is 3.85. The van der Waals surface area contributed by atoms with Gasteiger partial charge in [0.15, 0.2) is 0 Å². The van der Waals surface area contributed by atoms with Gasteiger partial charge in [0.1, 0.15) is 5.82 Å². The summed E-state index contributed by atoms with van der Waals surface area (Å²) in [7, 11) is 0. The van der Waals surface area contributed by atoms with Crippen LogP contribution in [0.25, 0.3) is 10.2 Å². The van der Waals surface area contributed by atoms with Crippen LogP contribution < -0.4 is 0 Å². The van der Waals surface area contributed by atoms with Crippen LogP contribution in [-0.4, -0.2) is 4.98 Å². The number of aryl methyl sites for hydroxylation is 1. The zero-order valence-electron chi connectivity index (χ0n) is 10.9. The first-order valence-corrected chi connectivity index (χ1v) is 8.12. The van der Waals surface area contributed by atoms with Crippen molar-refractivity contribution >= 4 is 37.5 Å². The number of hydrogen-bond acceptors (Lipinski definition) is 2. The minimum Gasteiger partial charge on any atom is -0.241 e. The molecule has 3 rings (SSSR count). The lowest BCUT2D eigenvalue weighted by Crippen LogP contribution is -1.99. The Morgan fingerprint density at radius 2 is 2.00 bits per heavy atom. The number of aromatic nitrogens is 1. The molecule has 2 aromatic carbocycles. The molecular weight excluding hydrogens is 337 g/mol. The number of halogens is 2. The fourth-order valence-electron chi connectivity index (χ4n) is 2.18. The van der Waals surface area contributed by atoms with Gasteiger partial charge >= 0.3 is 0 Å². The minimum atomic E-state index is -0.129. The van der Waals surface area contributed by atoms with Crippen molar-refractivity contribution in [3.05, 3.63) is 64.4 Å². The van der Waals surface area contributed by atoms with Gasteiger partial charge in [0.2, 0.25) is 0 Å². The van der Waals surface area contributed by atoms with Gasteiger partial charge in [-0.05, 0) is 24.6 Å². The molecule has 0 aliphatic carbocycles. The standard InChI is InChI=1S/C16H13BrFNS/c1-10-5-4-6-11(16(10)18)12(17)9-15-19-13-7-2-3-8-14(13)20-15/h2-8,12H,9H2,1H3. The summed E-state index contributed by atoms with van der Waals surface area (Å²) in [6.45, 7) is 1.79.